The zero-order valence-corrected chi connectivity index (χ0v) is 12.8. The molecule has 0 bridgehead atoms. The van der Waals surface area contributed by atoms with Gasteiger partial charge in [0.1, 0.15) is 0 Å². The summed E-state index contributed by atoms with van der Waals surface area (Å²) in [7, 11) is 0. The maximum absolute atomic E-state index is 12.7. The molecule has 1 unspecified atom stereocenters. The summed E-state index contributed by atoms with van der Waals surface area (Å²) in [5.41, 5.74) is 8.31. The van der Waals surface area contributed by atoms with Crippen LogP contribution < -0.4 is 5.73 Å². The summed E-state index contributed by atoms with van der Waals surface area (Å²) in [5, 5.41) is 0. The van der Waals surface area contributed by atoms with E-state index in [9.17, 15) is 4.79 Å². The van der Waals surface area contributed by atoms with Crippen molar-refractivity contribution in [1.82, 2.24) is 9.80 Å². The topological polar surface area (TPSA) is 49.6 Å². The van der Waals surface area contributed by atoms with Gasteiger partial charge in [0, 0.05) is 24.8 Å². The molecule has 1 atom stereocenters. The van der Waals surface area contributed by atoms with Gasteiger partial charge in [-0.05, 0) is 51.4 Å². The standard InChI is InChI=1S/C17H25N3O/c1-13-5-6-16(18)15(11-13)17(21)20-10-7-14(12-20)19-8-3-2-4-9-19/h5-6,11,14H,2-4,7-10,12,18H2,1H3. The van der Waals surface area contributed by atoms with Gasteiger partial charge in [-0.2, -0.15) is 0 Å². The number of hydrogen-bond donors (Lipinski definition) is 1. The number of nitrogens with two attached hydrogens (primary N) is 1. The number of carbonyl (C=O) groups excluding carboxylic acids is 1. The van der Waals surface area contributed by atoms with E-state index in [1.165, 1.54) is 32.4 Å². The lowest BCUT2D eigenvalue weighted by atomic mass is 10.1. The number of anilines is 1. The zero-order chi connectivity index (χ0) is 14.8. The number of amides is 1. The van der Waals surface area contributed by atoms with Crippen molar-refractivity contribution in [3.63, 3.8) is 0 Å². The molecule has 0 spiro atoms. The lowest BCUT2D eigenvalue weighted by molar-refractivity contribution is 0.0772. The Morgan fingerprint density at radius 3 is 2.71 bits per heavy atom. The zero-order valence-electron chi connectivity index (χ0n) is 12.8. The first-order valence-electron chi connectivity index (χ1n) is 8.04. The second kappa shape index (κ2) is 6.06. The Balaban J connectivity index is 1.67. The van der Waals surface area contributed by atoms with Crippen molar-refractivity contribution in [2.45, 2.75) is 38.6 Å². The van der Waals surface area contributed by atoms with Crippen molar-refractivity contribution in [3.05, 3.63) is 29.3 Å². The Hall–Kier alpha value is -1.55. The first kappa shape index (κ1) is 14.4. The summed E-state index contributed by atoms with van der Waals surface area (Å²) in [6.45, 7) is 6.09. The van der Waals surface area contributed by atoms with Crippen LogP contribution in [0.5, 0.6) is 0 Å². The van der Waals surface area contributed by atoms with Crippen molar-refractivity contribution in [2.75, 3.05) is 31.9 Å². The molecule has 2 aliphatic rings. The highest BCUT2D eigenvalue weighted by Gasteiger charge is 2.31. The molecule has 4 heteroatoms. The normalized spacial score (nSPS) is 23.5. The Labute approximate surface area is 126 Å². The average molecular weight is 287 g/mol. The molecule has 2 heterocycles. The third-order valence-electron chi connectivity index (χ3n) is 4.80. The van der Waals surface area contributed by atoms with Crippen LogP contribution in [0.1, 0.15) is 41.6 Å². The molecule has 4 nitrogen and oxygen atoms in total. The van der Waals surface area contributed by atoms with Gasteiger partial charge in [-0.15, -0.1) is 0 Å². The number of rotatable bonds is 2. The molecule has 2 saturated heterocycles. The van der Waals surface area contributed by atoms with Crippen LogP contribution in [0, 0.1) is 6.92 Å². The molecule has 114 valence electrons. The first-order chi connectivity index (χ1) is 10.1. The smallest absolute Gasteiger partial charge is 0.256 e. The fraction of sp³-hybridized carbons (Fsp3) is 0.588. The van der Waals surface area contributed by atoms with Crippen LogP contribution in [0.15, 0.2) is 18.2 Å². The second-order valence-corrected chi connectivity index (χ2v) is 6.38. The van der Waals surface area contributed by atoms with Gasteiger partial charge in [0.2, 0.25) is 0 Å². The minimum atomic E-state index is 0.0932. The minimum absolute atomic E-state index is 0.0932. The molecule has 1 aromatic rings. The van der Waals surface area contributed by atoms with Crippen molar-refractivity contribution in [1.29, 1.82) is 0 Å². The Kier molecular flexibility index (Phi) is 4.15. The maximum Gasteiger partial charge on any atom is 0.256 e. The van der Waals surface area contributed by atoms with E-state index in [1.54, 1.807) is 0 Å². The van der Waals surface area contributed by atoms with E-state index in [1.807, 2.05) is 30.0 Å². The lowest BCUT2D eigenvalue weighted by Gasteiger charge is -2.32. The summed E-state index contributed by atoms with van der Waals surface area (Å²) >= 11 is 0. The molecule has 2 N–H and O–H groups in total. The van der Waals surface area contributed by atoms with Gasteiger partial charge in [-0.1, -0.05) is 18.1 Å². The minimum Gasteiger partial charge on any atom is -0.398 e. The molecule has 21 heavy (non-hydrogen) atoms. The van der Waals surface area contributed by atoms with E-state index >= 15 is 0 Å². The van der Waals surface area contributed by atoms with Crippen molar-refractivity contribution in [3.8, 4) is 0 Å². The average Bonchev–Trinajstić information content (AvgIpc) is 3.00. The fourth-order valence-electron chi connectivity index (χ4n) is 3.53. The molecule has 0 aromatic heterocycles. The van der Waals surface area contributed by atoms with Gasteiger partial charge < -0.3 is 10.6 Å². The molecule has 0 saturated carbocycles. The fourth-order valence-corrected chi connectivity index (χ4v) is 3.53. The van der Waals surface area contributed by atoms with Gasteiger partial charge in [0.15, 0.2) is 0 Å². The number of benzene rings is 1. The Morgan fingerprint density at radius 2 is 1.95 bits per heavy atom. The van der Waals surface area contributed by atoms with E-state index in [4.69, 9.17) is 5.73 Å². The third-order valence-corrected chi connectivity index (χ3v) is 4.80. The number of hydrogen-bond acceptors (Lipinski definition) is 3. The highest BCUT2D eigenvalue weighted by Crippen LogP contribution is 2.23. The van der Waals surface area contributed by atoms with Gasteiger partial charge in [0.25, 0.3) is 5.91 Å². The van der Waals surface area contributed by atoms with Gasteiger partial charge in [-0.3, -0.25) is 9.69 Å². The molecule has 2 aliphatic heterocycles. The monoisotopic (exact) mass is 287 g/mol. The number of nitrogen functional groups attached to an aromatic ring is 1. The highest BCUT2D eigenvalue weighted by atomic mass is 16.2. The predicted octanol–water partition coefficient (Wildman–Crippen LogP) is 2.28. The van der Waals surface area contributed by atoms with Crippen LogP contribution in [0.2, 0.25) is 0 Å². The van der Waals surface area contributed by atoms with Gasteiger partial charge in [0.05, 0.1) is 5.56 Å². The second-order valence-electron chi connectivity index (χ2n) is 6.38. The molecule has 3 rings (SSSR count). The number of likely N-dealkylation sites (tertiary alicyclic amines) is 2. The quantitative estimate of drug-likeness (QED) is 0.849. The van der Waals surface area contributed by atoms with Gasteiger partial charge >= 0.3 is 0 Å². The summed E-state index contributed by atoms with van der Waals surface area (Å²) in [5.74, 6) is 0.0932. The largest absolute Gasteiger partial charge is 0.398 e. The Morgan fingerprint density at radius 1 is 1.19 bits per heavy atom. The van der Waals surface area contributed by atoms with Crippen molar-refractivity contribution in [2.24, 2.45) is 0 Å². The van der Waals surface area contributed by atoms with Crippen LogP contribution in [-0.4, -0.2) is 47.9 Å². The Bertz CT molecular complexity index is 523. The summed E-state index contributed by atoms with van der Waals surface area (Å²) < 4.78 is 0. The maximum atomic E-state index is 12.7. The van der Waals surface area contributed by atoms with Crippen LogP contribution in [0.4, 0.5) is 5.69 Å². The lowest BCUT2D eigenvalue weighted by Crippen LogP contribution is -2.41. The molecule has 1 amide bonds. The van der Waals surface area contributed by atoms with Crippen LogP contribution in [0.25, 0.3) is 0 Å². The first-order valence-corrected chi connectivity index (χ1v) is 8.04. The predicted molar refractivity (Wildman–Crippen MR) is 85.3 cm³/mol. The molecule has 1 aromatic carbocycles. The number of carbonyl (C=O) groups is 1. The molecular formula is C17H25N3O. The number of aryl methyl sites for hydroxylation is 1. The van der Waals surface area contributed by atoms with Gasteiger partial charge in [-0.25, -0.2) is 0 Å². The molecule has 2 fully saturated rings. The van der Waals surface area contributed by atoms with E-state index < -0.39 is 0 Å². The van der Waals surface area contributed by atoms with E-state index in [0.717, 1.165) is 25.1 Å². The van der Waals surface area contributed by atoms with Crippen molar-refractivity contribution < 1.29 is 4.79 Å². The van der Waals surface area contributed by atoms with Crippen LogP contribution in [0.3, 0.4) is 0 Å². The third kappa shape index (κ3) is 3.05. The number of nitrogens with zero attached hydrogens (tertiary/aromatic N) is 2. The summed E-state index contributed by atoms with van der Waals surface area (Å²) in [6.07, 6.45) is 5.05. The van der Waals surface area contributed by atoms with E-state index in [2.05, 4.69) is 4.90 Å². The van der Waals surface area contributed by atoms with Crippen molar-refractivity contribution >= 4 is 11.6 Å². The molecule has 0 radical (unpaired) electrons. The van der Waals surface area contributed by atoms with E-state index in [0.29, 0.717) is 17.3 Å². The summed E-state index contributed by atoms with van der Waals surface area (Å²) in [4.78, 5) is 17.2. The molecule has 0 aliphatic carbocycles. The molecular weight excluding hydrogens is 262 g/mol. The number of piperidine rings is 1. The van der Waals surface area contributed by atoms with Crippen LogP contribution >= 0.6 is 0 Å². The van der Waals surface area contributed by atoms with E-state index in [-0.39, 0.29) is 5.91 Å². The highest BCUT2D eigenvalue weighted by molar-refractivity contribution is 5.99. The summed E-state index contributed by atoms with van der Waals surface area (Å²) in [6, 6.07) is 6.24. The van der Waals surface area contributed by atoms with Crippen LogP contribution in [-0.2, 0) is 0 Å². The SMILES string of the molecule is Cc1ccc(N)c(C(=O)N2CCC(N3CCCCC3)C2)c1.